The van der Waals surface area contributed by atoms with Crippen molar-refractivity contribution in [3.63, 3.8) is 0 Å². The van der Waals surface area contributed by atoms with E-state index in [2.05, 4.69) is 10.6 Å². The minimum Gasteiger partial charge on any atom is -0.493 e. The van der Waals surface area contributed by atoms with Gasteiger partial charge in [0.2, 0.25) is 23.9 Å². The van der Waals surface area contributed by atoms with Crippen LogP contribution in [0.4, 0.5) is 11.4 Å². The number of anilines is 2. The summed E-state index contributed by atoms with van der Waals surface area (Å²) in [6.45, 7) is 1.40. The number of benzene rings is 2. The van der Waals surface area contributed by atoms with Crippen molar-refractivity contribution in [1.82, 2.24) is 4.90 Å². The average Bonchev–Trinajstić information content (AvgIpc) is 3.33. The van der Waals surface area contributed by atoms with Crippen LogP contribution in [0.25, 0.3) is 0 Å². The second kappa shape index (κ2) is 8.81. The largest absolute Gasteiger partial charge is 0.493 e. The van der Waals surface area contributed by atoms with Gasteiger partial charge in [-0.15, -0.1) is 0 Å². The molecule has 0 saturated carbocycles. The molecule has 172 valence electrons. The van der Waals surface area contributed by atoms with E-state index in [0.29, 0.717) is 22.7 Å². The average molecular weight is 453 g/mol. The van der Waals surface area contributed by atoms with Gasteiger partial charge >= 0.3 is 5.97 Å². The van der Waals surface area contributed by atoms with Gasteiger partial charge in [0, 0.05) is 30.3 Å². The molecular weight excluding hydrogens is 430 g/mol. The van der Waals surface area contributed by atoms with E-state index >= 15 is 0 Å². The van der Waals surface area contributed by atoms with Crippen molar-refractivity contribution in [3.05, 3.63) is 47.5 Å². The molecule has 1 saturated heterocycles. The smallest absolute Gasteiger partial charge is 0.344 e. The number of hydrogen-bond donors (Lipinski definition) is 2. The molecule has 0 radical (unpaired) electrons. The van der Waals surface area contributed by atoms with Gasteiger partial charge < -0.3 is 24.8 Å². The number of methoxy groups -OCH3 is 2. The zero-order chi connectivity index (χ0) is 23.7. The zero-order valence-electron chi connectivity index (χ0n) is 18.3. The van der Waals surface area contributed by atoms with Crippen LogP contribution < -0.4 is 20.1 Å². The van der Waals surface area contributed by atoms with Gasteiger partial charge in [-0.05, 0) is 42.8 Å². The van der Waals surface area contributed by atoms with Gasteiger partial charge in [-0.25, -0.2) is 4.79 Å². The summed E-state index contributed by atoms with van der Waals surface area (Å²) in [4.78, 5) is 50.9. The fraction of sp³-hybridized carbons (Fsp3) is 0.304. The van der Waals surface area contributed by atoms with E-state index in [1.165, 1.54) is 26.0 Å². The Kier molecular flexibility index (Phi) is 5.91. The fourth-order valence-electron chi connectivity index (χ4n) is 4.11. The number of cyclic esters (lactones) is 1. The number of carbonyl (C=O) groups is 4. The highest BCUT2D eigenvalue weighted by Gasteiger charge is 2.47. The second-order valence-electron chi connectivity index (χ2n) is 7.63. The SMILES string of the molecule is COc1ccc2c(c1OC)C(=O)OC2N1C(=O)CCC1C(=O)Nc1ccc(NC(C)=O)cc1. The lowest BCUT2D eigenvalue weighted by Gasteiger charge is -2.29. The highest BCUT2D eigenvalue weighted by atomic mass is 16.6. The number of likely N-dealkylation sites (tertiary alicyclic amines) is 1. The lowest BCUT2D eigenvalue weighted by atomic mass is 10.1. The van der Waals surface area contributed by atoms with Crippen molar-refractivity contribution >= 4 is 35.1 Å². The third kappa shape index (κ3) is 4.07. The first-order valence-electron chi connectivity index (χ1n) is 10.3. The Bertz CT molecular complexity index is 1130. The summed E-state index contributed by atoms with van der Waals surface area (Å²) in [6, 6.07) is 9.03. The minimum absolute atomic E-state index is 0.149. The second-order valence-corrected chi connectivity index (χ2v) is 7.63. The van der Waals surface area contributed by atoms with Crippen LogP contribution in [-0.2, 0) is 19.1 Å². The summed E-state index contributed by atoms with van der Waals surface area (Å²) >= 11 is 0. The highest BCUT2D eigenvalue weighted by Crippen LogP contribution is 2.45. The molecule has 2 N–H and O–H groups in total. The lowest BCUT2D eigenvalue weighted by molar-refractivity contribution is -0.144. The number of nitrogens with zero attached hydrogens (tertiary/aromatic N) is 1. The summed E-state index contributed by atoms with van der Waals surface area (Å²) < 4.78 is 16.1. The van der Waals surface area contributed by atoms with Crippen molar-refractivity contribution in [2.45, 2.75) is 32.0 Å². The molecule has 4 rings (SSSR count). The Morgan fingerprint density at radius 1 is 1.00 bits per heavy atom. The van der Waals surface area contributed by atoms with E-state index in [-0.39, 0.29) is 36.0 Å². The number of esters is 1. The standard InChI is InChI=1S/C23H23N3O7/c1-12(27)24-13-4-6-14(7-5-13)25-21(29)16-9-11-18(28)26(16)22-15-8-10-17(31-2)20(32-3)19(15)23(30)33-22/h4-8,10,16,22H,9,11H2,1-3H3,(H,24,27)(H,25,29). The summed E-state index contributed by atoms with van der Waals surface area (Å²) in [5, 5.41) is 5.43. The Morgan fingerprint density at radius 2 is 1.67 bits per heavy atom. The lowest BCUT2D eigenvalue weighted by Crippen LogP contribution is -2.43. The maximum Gasteiger partial charge on any atom is 0.344 e. The summed E-state index contributed by atoms with van der Waals surface area (Å²) in [7, 11) is 2.86. The van der Waals surface area contributed by atoms with Crippen LogP contribution in [-0.4, -0.2) is 48.9 Å². The van der Waals surface area contributed by atoms with Gasteiger partial charge in [0.1, 0.15) is 11.6 Å². The molecule has 2 aromatic carbocycles. The number of fused-ring (bicyclic) bond motifs is 1. The minimum atomic E-state index is -1.04. The maximum absolute atomic E-state index is 13.0. The Hall–Kier alpha value is -4.08. The molecule has 2 aliphatic heterocycles. The van der Waals surface area contributed by atoms with Crippen LogP contribution in [0.2, 0.25) is 0 Å². The number of amides is 3. The van der Waals surface area contributed by atoms with Crippen LogP contribution in [0.1, 0.15) is 41.9 Å². The molecule has 2 unspecified atom stereocenters. The Morgan fingerprint density at radius 3 is 2.27 bits per heavy atom. The van der Waals surface area contributed by atoms with Crippen molar-refractivity contribution in [3.8, 4) is 11.5 Å². The third-order valence-corrected chi connectivity index (χ3v) is 5.55. The van der Waals surface area contributed by atoms with E-state index in [9.17, 15) is 19.2 Å². The van der Waals surface area contributed by atoms with Crippen molar-refractivity contribution in [2.24, 2.45) is 0 Å². The van der Waals surface area contributed by atoms with E-state index < -0.39 is 24.1 Å². The van der Waals surface area contributed by atoms with Crippen LogP contribution in [0.5, 0.6) is 11.5 Å². The van der Waals surface area contributed by atoms with E-state index in [4.69, 9.17) is 14.2 Å². The third-order valence-electron chi connectivity index (χ3n) is 5.55. The molecule has 33 heavy (non-hydrogen) atoms. The molecule has 1 fully saturated rings. The number of ether oxygens (including phenoxy) is 3. The van der Waals surface area contributed by atoms with Crippen molar-refractivity contribution < 1.29 is 33.4 Å². The Balaban J connectivity index is 1.58. The maximum atomic E-state index is 13.0. The molecule has 10 nitrogen and oxygen atoms in total. The molecule has 2 aromatic rings. The van der Waals surface area contributed by atoms with Crippen LogP contribution in [0.15, 0.2) is 36.4 Å². The Labute approximate surface area is 189 Å². The number of hydrogen-bond acceptors (Lipinski definition) is 7. The van der Waals surface area contributed by atoms with E-state index in [1.807, 2.05) is 0 Å². The predicted molar refractivity (Wildman–Crippen MR) is 117 cm³/mol. The number of nitrogens with one attached hydrogen (secondary N) is 2. The molecule has 2 atom stereocenters. The first-order valence-corrected chi connectivity index (χ1v) is 10.3. The summed E-state index contributed by atoms with van der Waals surface area (Å²) in [5.74, 6) is -0.978. The first-order chi connectivity index (χ1) is 15.8. The van der Waals surface area contributed by atoms with Gasteiger partial charge in [0.25, 0.3) is 0 Å². The van der Waals surface area contributed by atoms with Gasteiger partial charge in [-0.3, -0.25) is 19.3 Å². The quantitative estimate of drug-likeness (QED) is 0.644. The van der Waals surface area contributed by atoms with Crippen LogP contribution >= 0.6 is 0 Å². The highest BCUT2D eigenvalue weighted by molar-refractivity contribution is 6.01. The van der Waals surface area contributed by atoms with Gasteiger partial charge in [-0.1, -0.05) is 0 Å². The number of rotatable bonds is 6. The molecular formula is C23H23N3O7. The van der Waals surface area contributed by atoms with E-state index in [0.717, 1.165) is 0 Å². The molecule has 0 spiro atoms. The monoisotopic (exact) mass is 453 g/mol. The summed E-state index contributed by atoms with van der Waals surface area (Å²) in [5.41, 5.74) is 1.71. The molecule has 2 heterocycles. The molecule has 2 aliphatic rings. The fourth-order valence-corrected chi connectivity index (χ4v) is 4.11. The van der Waals surface area contributed by atoms with Gasteiger partial charge in [0.05, 0.1) is 14.2 Å². The van der Waals surface area contributed by atoms with E-state index in [1.54, 1.807) is 36.4 Å². The van der Waals surface area contributed by atoms with Crippen LogP contribution in [0.3, 0.4) is 0 Å². The molecule has 0 bridgehead atoms. The topological polar surface area (TPSA) is 123 Å². The zero-order valence-corrected chi connectivity index (χ0v) is 18.3. The number of carbonyl (C=O) groups excluding carboxylic acids is 4. The first kappa shape index (κ1) is 22.1. The van der Waals surface area contributed by atoms with Gasteiger partial charge in [-0.2, -0.15) is 0 Å². The molecule has 0 aromatic heterocycles. The molecule has 0 aliphatic carbocycles. The molecule has 10 heteroatoms. The molecule has 3 amide bonds. The van der Waals surface area contributed by atoms with Crippen LogP contribution in [0, 0.1) is 0 Å². The normalized spacial score (nSPS) is 19.1. The predicted octanol–water partition coefficient (Wildman–Crippen LogP) is 2.46. The summed E-state index contributed by atoms with van der Waals surface area (Å²) in [6.07, 6.45) is -0.609. The van der Waals surface area contributed by atoms with Crippen molar-refractivity contribution in [2.75, 3.05) is 24.9 Å². The van der Waals surface area contributed by atoms with Gasteiger partial charge in [0.15, 0.2) is 11.5 Å². The van der Waals surface area contributed by atoms with Crippen molar-refractivity contribution in [1.29, 1.82) is 0 Å².